The fraction of sp³-hybridized carbons (Fsp3) is 0.267. The molecule has 0 radical (unpaired) electrons. The van der Waals surface area contributed by atoms with Crippen molar-refractivity contribution in [2.45, 2.75) is 19.1 Å². The third-order valence-electron chi connectivity index (χ3n) is 2.92. The van der Waals surface area contributed by atoms with Gasteiger partial charge in [0.25, 0.3) is 0 Å². The molecular formula is C15H15F3N2. The van der Waals surface area contributed by atoms with Gasteiger partial charge in [-0.2, -0.15) is 13.2 Å². The quantitative estimate of drug-likeness (QED) is 0.849. The van der Waals surface area contributed by atoms with E-state index in [9.17, 15) is 13.2 Å². The topological polar surface area (TPSA) is 24.9 Å². The molecule has 2 aromatic rings. The van der Waals surface area contributed by atoms with Gasteiger partial charge >= 0.3 is 6.18 Å². The predicted octanol–water partition coefficient (Wildman–Crippen LogP) is 3.43. The molecule has 0 aliphatic heterocycles. The summed E-state index contributed by atoms with van der Waals surface area (Å²) in [6, 6.07) is 9.23. The van der Waals surface area contributed by atoms with Crippen molar-refractivity contribution in [2.75, 3.05) is 6.54 Å². The molecule has 1 heterocycles. The number of hydrogen-bond acceptors (Lipinski definition) is 2. The van der Waals surface area contributed by atoms with Gasteiger partial charge in [0.2, 0.25) is 0 Å². The molecule has 0 aliphatic rings. The minimum atomic E-state index is -4.28. The molecule has 0 atom stereocenters. The van der Waals surface area contributed by atoms with E-state index < -0.39 is 11.7 Å². The molecule has 1 aromatic carbocycles. The Morgan fingerprint density at radius 2 is 1.75 bits per heavy atom. The van der Waals surface area contributed by atoms with E-state index in [4.69, 9.17) is 0 Å². The molecule has 2 rings (SSSR count). The van der Waals surface area contributed by atoms with Crippen molar-refractivity contribution in [3.05, 3.63) is 65.5 Å². The average Bonchev–Trinajstić information content (AvgIpc) is 2.44. The highest BCUT2D eigenvalue weighted by Gasteiger charge is 2.30. The van der Waals surface area contributed by atoms with E-state index in [1.807, 2.05) is 12.1 Å². The summed E-state index contributed by atoms with van der Waals surface area (Å²) in [5.41, 5.74) is 1.18. The average molecular weight is 280 g/mol. The molecule has 0 aliphatic carbocycles. The Morgan fingerprint density at radius 3 is 2.45 bits per heavy atom. The summed E-state index contributed by atoms with van der Waals surface area (Å²) in [7, 11) is 0. The maximum atomic E-state index is 12.6. The zero-order chi connectivity index (χ0) is 14.4. The Bertz CT molecular complexity index is 538. The Labute approximate surface area is 115 Å². The number of nitrogens with zero attached hydrogens (tertiary/aromatic N) is 1. The van der Waals surface area contributed by atoms with Gasteiger partial charge in [0.1, 0.15) is 0 Å². The van der Waals surface area contributed by atoms with Crippen LogP contribution in [0.1, 0.15) is 16.7 Å². The van der Waals surface area contributed by atoms with E-state index in [1.165, 1.54) is 12.1 Å². The minimum absolute atomic E-state index is 0.426. The lowest BCUT2D eigenvalue weighted by Crippen LogP contribution is -2.17. The van der Waals surface area contributed by atoms with Crippen LogP contribution < -0.4 is 5.32 Å². The van der Waals surface area contributed by atoms with Crippen LogP contribution in [0.5, 0.6) is 0 Å². The van der Waals surface area contributed by atoms with Crippen LogP contribution in [-0.2, 0) is 19.1 Å². The van der Waals surface area contributed by atoms with Crippen LogP contribution in [0.25, 0.3) is 0 Å². The summed E-state index contributed by atoms with van der Waals surface area (Å²) in [5.74, 6) is 0. The molecule has 5 heteroatoms. The number of nitrogens with one attached hydrogen (secondary N) is 1. The van der Waals surface area contributed by atoms with E-state index in [0.29, 0.717) is 18.7 Å². The molecule has 0 fully saturated rings. The van der Waals surface area contributed by atoms with Gasteiger partial charge in [0.15, 0.2) is 0 Å². The largest absolute Gasteiger partial charge is 0.416 e. The van der Waals surface area contributed by atoms with E-state index >= 15 is 0 Å². The van der Waals surface area contributed by atoms with Gasteiger partial charge in [0.05, 0.1) is 5.56 Å². The smallest absolute Gasteiger partial charge is 0.312 e. The number of hydrogen-bond donors (Lipinski definition) is 1. The van der Waals surface area contributed by atoms with Crippen molar-refractivity contribution in [1.82, 2.24) is 10.3 Å². The summed E-state index contributed by atoms with van der Waals surface area (Å²) in [5, 5.41) is 3.14. The van der Waals surface area contributed by atoms with Crippen LogP contribution in [0.15, 0.2) is 48.8 Å². The summed E-state index contributed by atoms with van der Waals surface area (Å²) < 4.78 is 37.7. The molecule has 2 nitrogen and oxygen atoms in total. The van der Waals surface area contributed by atoms with Gasteiger partial charge in [-0.05, 0) is 42.3 Å². The van der Waals surface area contributed by atoms with E-state index in [2.05, 4.69) is 10.3 Å². The maximum Gasteiger partial charge on any atom is 0.416 e. The highest BCUT2D eigenvalue weighted by Crippen LogP contribution is 2.29. The molecule has 0 saturated carbocycles. The Hall–Kier alpha value is -1.88. The van der Waals surface area contributed by atoms with Gasteiger partial charge in [-0.1, -0.05) is 18.2 Å². The molecule has 106 valence electrons. The maximum absolute atomic E-state index is 12.6. The van der Waals surface area contributed by atoms with Crippen LogP contribution in [0, 0.1) is 0 Å². The number of alkyl halides is 3. The van der Waals surface area contributed by atoms with Gasteiger partial charge in [-0.3, -0.25) is 4.98 Å². The molecule has 0 spiro atoms. The number of benzene rings is 1. The van der Waals surface area contributed by atoms with E-state index in [0.717, 1.165) is 18.1 Å². The first-order valence-electron chi connectivity index (χ1n) is 6.31. The Kier molecular flexibility index (Phi) is 4.74. The van der Waals surface area contributed by atoms with Crippen LogP contribution in [0.4, 0.5) is 13.2 Å². The lowest BCUT2D eigenvalue weighted by Gasteiger charge is -2.09. The van der Waals surface area contributed by atoms with Crippen LogP contribution in [0.3, 0.4) is 0 Å². The summed E-state index contributed by atoms with van der Waals surface area (Å²) in [4.78, 5) is 3.93. The van der Waals surface area contributed by atoms with Gasteiger partial charge in [-0.25, -0.2) is 0 Å². The zero-order valence-corrected chi connectivity index (χ0v) is 10.8. The lowest BCUT2D eigenvalue weighted by molar-refractivity contribution is -0.137. The van der Waals surface area contributed by atoms with Crippen LogP contribution in [0.2, 0.25) is 0 Å². The first kappa shape index (κ1) is 14.5. The lowest BCUT2D eigenvalue weighted by atomic mass is 10.1. The Morgan fingerprint density at radius 1 is 1.00 bits per heavy atom. The van der Waals surface area contributed by atoms with E-state index in [-0.39, 0.29) is 0 Å². The standard InChI is InChI=1S/C15H15F3N2/c16-15(17,18)14-3-1-2-13(10-14)11-20-9-6-12-4-7-19-8-5-12/h1-5,7-8,10,20H,6,9,11H2. The number of halogens is 3. The molecule has 0 amide bonds. The third-order valence-corrected chi connectivity index (χ3v) is 2.92. The van der Waals surface area contributed by atoms with Gasteiger partial charge in [0, 0.05) is 18.9 Å². The molecule has 1 aromatic heterocycles. The SMILES string of the molecule is FC(F)(F)c1cccc(CNCCc2ccncc2)c1. The van der Waals surface area contributed by atoms with Crippen LogP contribution in [-0.4, -0.2) is 11.5 Å². The summed E-state index contributed by atoms with van der Waals surface area (Å²) in [6.45, 7) is 1.13. The molecule has 1 N–H and O–H groups in total. The second kappa shape index (κ2) is 6.52. The second-order valence-corrected chi connectivity index (χ2v) is 4.48. The fourth-order valence-electron chi connectivity index (χ4n) is 1.87. The van der Waals surface area contributed by atoms with Crippen molar-refractivity contribution in [2.24, 2.45) is 0 Å². The van der Waals surface area contributed by atoms with Crippen molar-refractivity contribution in [3.63, 3.8) is 0 Å². The summed E-state index contributed by atoms with van der Waals surface area (Å²) >= 11 is 0. The minimum Gasteiger partial charge on any atom is -0.312 e. The predicted molar refractivity (Wildman–Crippen MR) is 71.1 cm³/mol. The van der Waals surface area contributed by atoms with Gasteiger partial charge in [-0.15, -0.1) is 0 Å². The van der Waals surface area contributed by atoms with E-state index in [1.54, 1.807) is 18.5 Å². The van der Waals surface area contributed by atoms with Crippen molar-refractivity contribution >= 4 is 0 Å². The molecule has 0 unspecified atom stereocenters. The van der Waals surface area contributed by atoms with Crippen molar-refractivity contribution in [3.8, 4) is 0 Å². The van der Waals surface area contributed by atoms with Gasteiger partial charge < -0.3 is 5.32 Å². The third kappa shape index (κ3) is 4.35. The van der Waals surface area contributed by atoms with Crippen molar-refractivity contribution < 1.29 is 13.2 Å². The first-order chi connectivity index (χ1) is 9.55. The molecule has 20 heavy (non-hydrogen) atoms. The first-order valence-corrected chi connectivity index (χ1v) is 6.31. The molecular weight excluding hydrogens is 265 g/mol. The number of pyridine rings is 1. The van der Waals surface area contributed by atoms with Crippen LogP contribution >= 0.6 is 0 Å². The number of aromatic nitrogens is 1. The highest BCUT2D eigenvalue weighted by atomic mass is 19.4. The fourth-order valence-corrected chi connectivity index (χ4v) is 1.87. The Balaban J connectivity index is 1.83. The molecule has 0 bridgehead atoms. The van der Waals surface area contributed by atoms with Crippen molar-refractivity contribution in [1.29, 1.82) is 0 Å². The number of rotatable bonds is 5. The second-order valence-electron chi connectivity index (χ2n) is 4.48. The highest BCUT2D eigenvalue weighted by molar-refractivity contribution is 5.25. The zero-order valence-electron chi connectivity index (χ0n) is 10.8. The summed E-state index contributed by atoms with van der Waals surface area (Å²) in [6.07, 6.45) is -0.0151. The molecule has 0 saturated heterocycles. The normalized spacial score (nSPS) is 11.6. The monoisotopic (exact) mass is 280 g/mol.